The van der Waals surface area contributed by atoms with Gasteiger partial charge < -0.3 is 9.72 Å². The number of hydrogen-bond acceptors (Lipinski definition) is 3. The average molecular weight is 407 g/mol. The van der Waals surface area contributed by atoms with Gasteiger partial charge in [0, 0.05) is 39.0 Å². The lowest BCUT2D eigenvalue weighted by atomic mass is 10.1. The van der Waals surface area contributed by atoms with Gasteiger partial charge in [0.2, 0.25) is 0 Å². The molecular weight excluding hydrogens is 387 g/mol. The molecule has 0 spiro atoms. The van der Waals surface area contributed by atoms with Crippen molar-refractivity contribution in [2.75, 3.05) is 7.11 Å². The van der Waals surface area contributed by atoms with Gasteiger partial charge in [-0.3, -0.25) is 0 Å². The minimum absolute atomic E-state index is 0.354. The Morgan fingerprint density at radius 2 is 1.88 bits per heavy atom. The van der Waals surface area contributed by atoms with E-state index in [1.54, 1.807) is 25.1 Å². The topological polar surface area (TPSA) is 37.9 Å². The Labute approximate surface area is 168 Å². The third kappa shape index (κ3) is 5.44. The lowest BCUT2D eigenvalue weighted by molar-refractivity contribution is 0.404. The van der Waals surface area contributed by atoms with Crippen molar-refractivity contribution in [1.82, 2.24) is 9.97 Å². The van der Waals surface area contributed by atoms with Crippen molar-refractivity contribution in [3.63, 3.8) is 0 Å². The molecule has 3 nitrogen and oxygen atoms in total. The van der Waals surface area contributed by atoms with Crippen LogP contribution in [0.1, 0.15) is 17.8 Å². The van der Waals surface area contributed by atoms with Crippen molar-refractivity contribution in [3.8, 4) is 5.75 Å². The molecule has 26 heavy (non-hydrogen) atoms. The number of H-pyrrole nitrogens is 1. The van der Waals surface area contributed by atoms with E-state index >= 15 is 0 Å². The van der Waals surface area contributed by atoms with Crippen LogP contribution in [0.15, 0.2) is 59.8 Å². The number of benzene rings is 2. The number of nitrogens with zero attached hydrogens (tertiary/aromatic N) is 1. The first-order chi connectivity index (χ1) is 12.6. The van der Waals surface area contributed by atoms with Crippen LogP contribution in [0.3, 0.4) is 0 Å². The molecule has 3 rings (SSSR count). The van der Waals surface area contributed by atoms with Crippen LogP contribution in [-0.2, 0) is 12.8 Å². The molecule has 0 saturated carbocycles. The maximum absolute atomic E-state index is 6.09. The highest BCUT2D eigenvalue weighted by Gasteiger charge is 2.16. The second-order valence-electron chi connectivity index (χ2n) is 5.94. The maximum atomic E-state index is 6.09. The molecule has 6 heteroatoms. The highest BCUT2D eigenvalue weighted by molar-refractivity contribution is 8.00. The minimum Gasteiger partial charge on any atom is -0.496 e. The summed E-state index contributed by atoms with van der Waals surface area (Å²) in [4.78, 5) is 8.67. The number of imidazole rings is 1. The maximum Gasteiger partial charge on any atom is 0.133 e. The Balaban J connectivity index is 1.73. The van der Waals surface area contributed by atoms with Crippen molar-refractivity contribution in [2.45, 2.75) is 29.4 Å². The molecule has 1 aromatic heterocycles. The smallest absolute Gasteiger partial charge is 0.133 e. The predicted molar refractivity (Wildman–Crippen MR) is 110 cm³/mol. The van der Waals surface area contributed by atoms with Crippen LogP contribution in [0.2, 0.25) is 10.0 Å². The van der Waals surface area contributed by atoms with Crippen molar-refractivity contribution in [2.24, 2.45) is 0 Å². The number of rotatable bonds is 8. The summed E-state index contributed by atoms with van der Waals surface area (Å²) in [6.07, 6.45) is 6.50. The van der Waals surface area contributed by atoms with E-state index in [1.807, 2.05) is 36.5 Å². The van der Waals surface area contributed by atoms with Crippen molar-refractivity contribution in [3.05, 3.63) is 76.3 Å². The molecule has 0 aliphatic carbocycles. The van der Waals surface area contributed by atoms with Crippen LogP contribution in [0, 0.1) is 0 Å². The van der Waals surface area contributed by atoms with Gasteiger partial charge in [0.25, 0.3) is 0 Å². The van der Waals surface area contributed by atoms with E-state index in [4.69, 9.17) is 27.9 Å². The number of halogens is 2. The number of thioether (sulfide) groups is 1. The molecule has 1 N–H and O–H groups in total. The zero-order valence-corrected chi connectivity index (χ0v) is 16.7. The SMILES string of the molecule is COc1cc(Cl)ccc1SC(CCc1ccc(Cl)cc1)Cc1ncc[nH]1. The number of aromatic amines is 1. The van der Waals surface area contributed by atoms with E-state index in [9.17, 15) is 0 Å². The fraction of sp³-hybridized carbons (Fsp3) is 0.250. The van der Waals surface area contributed by atoms with Crippen LogP contribution in [0.25, 0.3) is 0 Å². The number of ether oxygens (including phenoxy) is 1. The quantitative estimate of drug-likeness (QED) is 0.461. The second kappa shape index (κ2) is 9.36. The normalized spacial score (nSPS) is 12.1. The molecule has 2 aromatic carbocycles. The molecule has 0 aliphatic rings. The first-order valence-electron chi connectivity index (χ1n) is 8.37. The Morgan fingerprint density at radius 3 is 2.58 bits per heavy atom. The van der Waals surface area contributed by atoms with E-state index < -0.39 is 0 Å². The van der Waals surface area contributed by atoms with Crippen molar-refractivity contribution in [1.29, 1.82) is 0 Å². The van der Waals surface area contributed by atoms with E-state index in [2.05, 4.69) is 22.1 Å². The lowest BCUT2D eigenvalue weighted by Crippen LogP contribution is -2.10. The molecular formula is C20H20Cl2N2OS. The predicted octanol–water partition coefficient (Wildman–Crippen LogP) is 6.06. The molecule has 0 aliphatic heterocycles. The summed E-state index contributed by atoms with van der Waals surface area (Å²) >= 11 is 13.9. The Kier molecular flexibility index (Phi) is 6.89. The van der Waals surface area contributed by atoms with Gasteiger partial charge in [0.05, 0.1) is 7.11 Å². The highest BCUT2D eigenvalue weighted by atomic mass is 35.5. The van der Waals surface area contributed by atoms with Gasteiger partial charge in [-0.25, -0.2) is 4.98 Å². The monoisotopic (exact) mass is 406 g/mol. The molecule has 136 valence electrons. The summed E-state index contributed by atoms with van der Waals surface area (Å²) in [6.45, 7) is 0. The Hall–Kier alpha value is -1.62. The number of hydrogen-bond donors (Lipinski definition) is 1. The highest BCUT2D eigenvalue weighted by Crippen LogP contribution is 2.36. The molecule has 1 unspecified atom stereocenters. The molecule has 3 aromatic rings. The minimum atomic E-state index is 0.354. The van der Waals surface area contributed by atoms with Gasteiger partial charge in [-0.1, -0.05) is 35.3 Å². The van der Waals surface area contributed by atoms with Gasteiger partial charge in [-0.2, -0.15) is 0 Å². The average Bonchev–Trinajstić information content (AvgIpc) is 3.15. The Bertz CT molecular complexity index is 822. The van der Waals surface area contributed by atoms with Crippen LogP contribution in [0.4, 0.5) is 0 Å². The van der Waals surface area contributed by atoms with E-state index in [-0.39, 0.29) is 0 Å². The van der Waals surface area contributed by atoms with Gasteiger partial charge >= 0.3 is 0 Å². The molecule has 0 saturated heterocycles. The largest absolute Gasteiger partial charge is 0.496 e. The number of aromatic nitrogens is 2. The second-order valence-corrected chi connectivity index (χ2v) is 8.16. The van der Waals surface area contributed by atoms with Crippen molar-refractivity contribution < 1.29 is 4.74 Å². The van der Waals surface area contributed by atoms with Crippen LogP contribution in [-0.4, -0.2) is 22.3 Å². The summed E-state index contributed by atoms with van der Waals surface area (Å²) in [5, 5.41) is 1.79. The molecule has 1 heterocycles. The van der Waals surface area contributed by atoms with E-state index in [0.717, 1.165) is 40.8 Å². The number of methoxy groups -OCH3 is 1. The molecule has 0 bridgehead atoms. The first kappa shape index (κ1) is 19.2. The summed E-state index contributed by atoms with van der Waals surface area (Å²) < 4.78 is 5.49. The zero-order valence-electron chi connectivity index (χ0n) is 14.4. The molecule has 0 amide bonds. The van der Waals surface area contributed by atoms with Gasteiger partial charge in [-0.15, -0.1) is 11.8 Å². The summed E-state index contributed by atoms with van der Waals surface area (Å²) in [6, 6.07) is 13.8. The van der Waals surface area contributed by atoms with E-state index in [1.165, 1.54) is 5.56 Å². The van der Waals surface area contributed by atoms with E-state index in [0.29, 0.717) is 10.3 Å². The van der Waals surface area contributed by atoms with Crippen molar-refractivity contribution >= 4 is 35.0 Å². The summed E-state index contributed by atoms with van der Waals surface area (Å²) in [7, 11) is 1.67. The molecule has 1 atom stereocenters. The van der Waals surface area contributed by atoms with Gasteiger partial charge in [0.15, 0.2) is 0 Å². The van der Waals surface area contributed by atoms with Crippen LogP contribution >= 0.6 is 35.0 Å². The third-order valence-electron chi connectivity index (χ3n) is 4.06. The summed E-state index contributed by atoms with van der Waals surface area (Å²) in [5.74, 6) is 1.80. The van der Waals surface area contributed by atoms with Crippen LogP contribution in [0.5, 0.6) is 5.75 Å². The fourth-order valence-electron chi connectivity index (χ4n) is 2.72. The number of nitrogens with one attached hydrogen (secondary N) is 1. The molecule has 0 radical (unpaired) electrons. The number of aryl methyl sites for hydroxylation is 1. The third-order valence-corrected chi connectivity index (χ3v) is 5.88. The Morgan fingerprint density at radius 1 is 1.12 bits per heavy atom. The summed E-state index contributed by atoms with van der Waals surface area (Å²) in [5.41, 5.74) is 1.28. The molecule has 0 fully saturated rings. The standard InChI is InChI=1S/C20H20Cl2N2OS/c1-25-18-12-16(22)7-9-19(18)26-17(13-20-23-10-11-24-20)8-4-14-2-5-15(21)6-3-14/h2-3,5-7,9-12,17H,4,8,13H2,1H3,(H,23,24). The van der Waals surface area contributed by atoms with Gasteiger partial charge in [0.1, 0.15) is 11.6 Å². The fourth-order valence-corrected chi connectivity index (χ4v) is 4.25. The van der Waals surface area contributed by atoms with Crippen LogP contribution < -0.4 is 4.74 Å². The zero-order chi connectivity index (χ0) is 18.4. The van der Waals surface area contributed by atoms with Gasteiger partial charge in [-0.05, 0) is 48.7 Å². The lowest BCUT2D eigenvalue weighted by Gasteiger charge is -2.17. The first-order valence-corrected chi connectivity index (χ1v) is 10.0.